The molecule has 2 amide bonds. The Morgan fingerprint density at radius 2 is 1.58 bits per heavy atom. The fourth-order valence-corrected chi connectivity index (χ4v) is 3.70. The van der Waals surface area contributed by atoms with Crippen LogP contribution in [0.15, 0.2) is 35.4 Å². The van der Waals surface area contributed by atoms with E-state index in [-0.39, 0.29) is 23.8 Å². The van der Waals surface area contributed by atoms with E-state index in [1.807, 2.05) is 29.3 Å². The molecule has 1 unspecified atom stereocenters. The summed E-state index contributed by atoms with van der Waals surface area (Å²) >= 11 is 0. The predicted molar refractivity (Wildman–Crippen MR) is 91.2 cm³/mol. The Kier molecular flexibility index (Phi) is 4.08. The summed E-state index contributed by atoms with van der Waals surface area (Å²) in [6.07, 6.45) is 6.20. The van der Waals surface area contributed by atoms with Gasteiger partial charge in [0.1, 0.15) is 0 Å². The lowest BCUT2D eigenvalue weighted by atomic mass is 9.94. The first-order valence-corrected chi connectivity index (χ1v) is 8.93. The van der Waals surface area contributed by atoms with Gasteiger partial charge in [0.05, 0.1) is 6.04 Å². The van der Waals surface area contributed by atoms with Crippen LogP contribution in [0.1, 0.15) is 43.7 Å². The predicted octanol–water partition coefficient (Wildman–Crippen LogP) is 2.59. The van der Waals surface area contributed by atoms with E-state index in [1.54, 1.807) is 5.01 Å². The van der Waals surface area contributed by atoms with Crippen molar-refractivity contribution in [2.45, 2.75) is 38.1 Å². The number of amides is 2. The number of carbonyl (C=O) groups excluding carboxylic acids is 2. The molecule has 5 nitrogen and oxygen atoms in total. The molecule has 126 valence electrons. The number of likely N-dealkylation sites (tertiary alicyclic amines) is 1. The van der Waals surface area contributed by atoms with Gasteiger partial charge in [-0.15, -0.1) is 0 Å². The van der Waals surface area contributed by atoms with E-state index >= 15 is 0 Å². The number of hydrogen-bond acceptors (Lipinski definition) is 3. The highest BCUT2D eigenvalue weighted by Crippen LogP contribution is 2.34. The zero-order valence-corrected chi connectivity index (χ0v) is 13.8. The highest BCUT2D eigenvalue weighted by molar-refractivity contribution is 5.83. The summed E-state index contributed by atoms with van der Waals surface area (Å²) < 4.78 is 0. The van der Waals surface area contributed by atoms with Gasteiger partial charge in [0, 0.05) is 37.6 Å². The molecule has 3 aliphatic rings. The average Bonchev–Trinajstić information content (AvgIpc) is 3.38. The minimum absolute atomic E-state index is 0.0184. The summed E-state index contributed by atoms with van der Waals surface area (Å²) in [7, 11) is 0. The number of nitrogens with zero attached hydrogens (tertiary/aromatic N) is 3. The van der Waals surface area contributed by atoms with E-state index in [9.17, 15) is 9.59 Å². The molecule has 0 bridgehead atoms. The highest BCUT2D eigenvalue weighted by atomic mass is 16.2. The van der Waals surface area contributed by atoms with E-state index in [0.29, 0.717) is 19.0 Å². The Bertz CT molecular complexity index is 646. The number of hydrogen-bond donors (Lipinski definition) is 0. The van der Waals surface area contributed by atoms with Crippen molar-refractivity contribution in [2.75, 3.05) is 13.1 Å². The molecule has 1 saturated heterocycles. The normalized spacial score (nSPS) is 24.4. The molecule has 2 heterocycles. The van der Waals surface area contributed by atoms with Crippen molar-refractivity contribution >= 4 is 18.0 Å². The van der Waals surface area contributed by atoms with Gasteiger partial charge in [-0.05, 0) is 31.2 Å². The van der Waals surface area contributed by atoms with E-state index < -0.39 is 0 Å². The Morgan fingerprint density at radius 1 is 0.917 bits per heavy atom. The van der Waals surface area contributed by atoms with E-state index in [0.717, 1.165) is 37.7 Å². The van der Waals surface area contributed by atoms with Crippen molar-refractivity contribution < 1.29 is 9.59 Å². The third kappa shape index (κ3) is 2.95. The maximum absolute atomic E-state index is 12.9. The minimum Gasteiger partial charge on any atom is -0.342 e. The van der Waals surface area contributed by atoms with Crippen LogP contribution in [0.25, 0.3) is 0 Å². The topological polar surface area (TPSA) is 53.0 Å². The maximum atomic E-state index is 12.9. The molecule has 1 aliphatic carbocycles. The molecule has 24 heavy (non-hydrogen) atoms. The zero-order valence-electron chi connectivity index (χ0n) is 13.8. The molecule has 1 saturated carbocycles. The number of carbonyl (C=O) groups is 2. The Hall–Kier alpha value is -2.17. The molecule has 4 rings (SSSR count). The van der Waals surface area contributed by atoms with Crippen LogP contribution in [0.2, 0.25) is 0 Å². The number of rotatable bonds is 3. The number of benzene rings is 1. The standard InChI is InChI=1S/C19H23N3O2/c23-18(15-6-7-15)21-12-9-16(10-13-21)19(24)22-17(8-11-20-22)14-4-2-1-3-5-14/h1-5,11,15-17H,6-10,12-13H2. The van der Waals surface area contributed by atoms with Crippen LogP contribution in [0.5, 0.6) is 0 Å². The van der Waals surface area contributed by atoms with E-state index in [1.165, 1.54) is 0 Å². The summed E-state index contributed by atoms with van der Waals surface area (Å²) in [6.45, 7) is 1.42. The summed E-state index contributed by atoms with van der Waals surface area (Å²) in [5.41, 5.74) is 1.13. The SMILES string of the molecule is O=C(C1CC1)N1CCC(C(=O)N2N=CCC2c2ccccc2)CC1. The van der Waals surface area contributed by atoms with Gasteiger partial charge in [0.25, 0.3) is 0 Å². The van der Waals surface area contributed by atoms with Crippen LogP contribution < -0.4 is 0 Å². The fraction of sp³-hybridized carbons (Fsp3) is 0.526. The minimum atomic E-state index is -0.0188. The van der Waals surface area contributed by atoms with Crippen molar-refractivity contribution in [3.63, 3.8) is 0 Å². The van der Waals surface area contributed by atoms with Gasteiger partial charge < -0.3 is 4.90 Å². The Morgan fingerprint density at radius 3 is 2.25 bits per heavy atom. The molecule has 0 N–H and O–H groups in total. The lowest BCUT2D eigenvalue weighted by molar-refractivity contribution is -0.142. The molecule has 1 aromatic carbocycles. The molecule has 0 aromatic heterocycles. The molecule has 2 fully saturated rings. The third-order valence-electron chi connectivity index (χ3n) is 5.32. The van der Waals surface area contributed by atoms with Crippen LogP contribution >= 0.6 is 0 Å². The monoisotopic (exact) mass is 325 g/mol. The maximum Gasteiger partial charge on any atom is 0.246 e. The van der Waals surface area contributed by atoms with Gasteiger partial charge >= 0.3 is 0 Å². The second-order valence-electron chi connectivity index (χ2n) is 7.02. The smallest absolute Gasteiger partial charge is 0.246 e. The first-order valence-electron chi connectivity index (χ1n) is 8.93. The second kappa shape index (κ2) is 6.38. The summed E-state index contributed by atoms with van der Waals surface area (Å²) in [5, 5.41) is 6.00. The van der Waals surface area contributed by atoms with Crippen LogP contribution in [0.3, 0.4) is 0 Å². The number of hydrazone groups is 1. The summed E-state index contributed by atoms with van der Waals surface area (Å²) in [5.74, 6) is 0.649. The van der Waals surface area contributed by atoms with Crippen LogP contribution in [0.4, 0.5) is 0 Å². The van der Waals surface area contributed by atoms with E-state index in [4.69, 9.17) is 0 Å². The van der Waals surface area contributed by atoms with Crippen LogP contribution in [-0.4, -0.2) is 41.0 Å². The van der Waals surface area contributed by atoms with Gasteiger partial charge in [-0.25, -0.2) is 5.01 Å². The Labute approximate surface area is 142 Å². The van der Waals surface area contributed by atoms with Gasteiger partial charge in [0.15, 0.2) is 0 Å². The third-order valence-corrected chi connectivity index (χ3v) is 5.32. The molecular formula is C19H23N3O2. The lowest BCUT2D eigenvalue weighted by Gasteiger charge is -2.34. The second-order valence-corrected chi connectivity index (χ2v) is 7.02. The highest BCUT2D eigenvalue weighted by Gasteiger charge is 2.38. The number of piperidine rings is 1. The molecule has 0 radical (unpaired) electrons. The Balaban J connectivity index is 1.39. The molecule has 5 heteroatoms. The summed E-state index contributed by atoms with van der Waals surface area (Å²) in [6, 6.07) is 10.1. The quantitative estimate of drug-likeness (QED) is 0.858. The summed E-state index contributed by atoms with van der Waals surface area (Å²) in [4.78, 5) is 27.0. The molecule has 1 aromatic rings. The largest absolute Gasteiger partial charge is 0.342 e. The molecule has 0 spiro atoms. The van der Waals surface area contributed by atoms with Gasteiger partial charge in [0.2, 0.25) is 11.8 Å². The average molecular weight is 325 g/mol. The van der Waals surface area contributed by atoms with E-state index in [2.05, 4.69) is 17.2 Å². The van der Waals surface area contributed by atoms with Gasteiger partial charge in [-0.1, -0.05) is 30.3 Å². The van der Waals surface area contributed by atoms with Crippen LogP contribution in [0, 0.1) is 11.8 Å². The first kappa shape index (κ1) is 15.4. The fourth-order valence-electron chi connectivity index (χ4n) is 3.70. The van der Waals surface area contributed by atoms with Crippen molar-refractivity contribution in [1.29, 1.82) is 0 Å². The van der Waals surface area contributed by atoms with Crippen molar-refractivity contribution in [3.8, 4) is 0 Å². The molecular weight excluding hydrogens is 302 g/mol. The van der Waals surface area contributed by atoms with Crippen LogP contribution in [-0.2, 0) is 9.59 Å². The molecule has 2 aliphatic heterocycles. The van der Waals surface area contributed by atoms with Gasteiger partial charge in [-0.2, -0.15) is 5.10 Å². The van der Waals surface area contributed by atoms with Gasteiger partial charge in [-0.3, -0.25) is 9.59 Å². The van der Waals surface area contributed by atoms with Crippen molar-refractivity contribution in [3.05, 3.63) is 35.9 Å². The van der Waals surface area contributed by atoms with Crippen molar-refractivity contribution in [2.24, 2.45) is 16.9 Å². The van der Waals surface area contributed by atoms with Crippen molar-refractivity contribution in [1.82, 2.24) is 9.91 Å². The molecule has 1 atom stereocenters. The lowest BCUT2D eigenvalue weighted by Crippen LogP contribution is -2.43. The first-order chi connectivity index (χ1) is 11.7. The zero-order chi connectivity index (χ0) is 16.5.